The Kier molecular flexibility index (Phi) is 6.77. The van der Waals surface area contributed by atoms with E-state index in [0.717, 1.165) is 13.1 Å². The van der Waals surface area contributed by atoms with Crippen molar-refractivity contribution < 1.29 is 23.5 Å². The summed E-state index contributed by atoms with van der Waals surface area (Å²) in [5.74, 6) is -0.906. The van der Waals surface area contributed by atoms with Crippen LogP contribution in [0.2, 0.25) is 0 Å². The number of amides is 3. The van der Waals surface area contributed by atoms with E-state index in [0.29, 0.717) is 50.1 Å². The fourth-order valence-corrected chi connectivity index (χ4v) is 5.35. The van der Waals surface area contributed by atoms with Crippen LogP contribution >= 0.6 is 0 Å². The monoisotopic (exact) mass is 494 g/mol. The van der Waals surface area contributed by atoms with Crippen molar-refractivity contribution in [3.05, 3.63) is 71.5 Å². The molecule has 8 nitrogen and oxygen atoms in total. The lowest BCUT2D eigenvalue weighted by atomic mass is 9.96. The normalized spacial score (nSPS) is 22.2. The van der Waals surface area contributed by atoms with E-state index < -0.39 is 17.6 Å². The topological polar surface area (TPSA) is 73.4 Å². The molecule has 3 amide bonds. The Morgan fingerprint density at radius 1 is 0.806 bits per heavy atom. The number of benzene rings is 2. The van der Waals surface area contributed by atoms with Gasteiger partial charge < -0.3 is 19.4 Å². The van der Waals surface area contributed by atoms with Crippen LogP contribution in [0.4, 0.5) is 4.39 Å². The minimum Gasteiger partial charge on any atom is -0.353 e. The molecule has 9 heteroatoms. The molecule has 0 aliphatic carbocycles. The zero-order chi connectivity index (χ0) is 25.3. The summed E-state index contributed by atoms with van der Waals surface area (Å²) in [5.41, 5.74) is -0.0391. The van der Waals surface area contributed by atoms with Gasteiger partial charge in [-0.2, -0.15) is 0 Å². The number of rotatable bonds is 3. The molecule has 3 fully saturated rings. The Hall–Kier alpha value is -3.30. The number of halogens is 1. The Bertz CT molecular complexity index is 1110. The van der Waals surface area contributed by atoms with Crippen LogP contribution in [0.1, 0.15) is 33.6 Å². The quantitative estimate of drug-likeness (QED) is 0.653. The van der Waals surface area contributed by atoms with Gasteiger partial charge in [-0.15, -0.1) is 0 Å². The fraction of sp³-hybridized carbons (Fsp3) is 0.444. The Labute approximate surface area is 210 Å². The zero-order valence-corrected chi connectivity index (χ0v) is 20.4. The third-order valence-corrected chi connectivity index (χ3v) is 7.52. The van der Waals surface area contributed by atoms with E-state index in [9.17, 15) is 18.8 Å². The minimum absolute atomic E-state index is 0.0888. The summed E-state index contributed by atoms with van der Waals surface area (Å²) in [4.78, 5) is 47.7. The molecule has 1 spiro atoms. The minimum atomic E-state index is -0.959. The van der Waals surface area contributed by atoms with E-state index >= 15 is 0 Å². The number of nitrogens with zero attached hydrogens (tertiary/aromatic N) is 4. The van der Waals surface area contributed by atoms with Crippen molar-refractivity contribution >= 4 is 17.7 Å². The number of piperidine rings is 1. The molecule has 2 aromatic rings. The summed E-state index contributed by atoms with van der Waals surface area (Å²) in [6.07, 6.45) is 0.788. The molecular formula is C27H31FN4O4. The molecule has 190 valence electrons. The summed E-state index contributed by atoms with van der Waals surface area (Å²) in [6.45, 7) is 3.68. The van der Waals surface area contributed by atoms with Crippen molar-refractivity contribution in [1.29, 1.82) is 0 Å². The van der Waals surface area contributed by atoms with Gasteiger partial charge in [-0.1, -0.05) is 18.2 Å². The number of piperazine rings is 1. The molecule has 0 radical (unpaired) electrons. The number of likely N-dealkylation sites (N-methyl/N-ethyl adjacent to an activating group) is 1. The van der Waals surface area contributed by atoms with Crippen LogP contribution in [0, 0.1) is 5.82 Å². The van der Waals surface area contributed by atoms with Gasteiger partial charge in [0.1, 0.15) is 17.6 Å². The molecule has 0 N–H and O–H groups in total. The van der Waals surface area contributed by atoms with E-state index in [2.05, 4.69) is 4.90 Å². The molecule has 2 aromatic carbocycles. The van der Waals surface area contributed by atoms with Crippen molar-refractivity contribution in [1.82, 2.24) is 19.6 Å². The van der Waals surface area contributed by atoms with E-state index in [4.69, 9.17) is 4.74 Å². The number of ether oxygens (including phenoxy) is 1. The molecule has 0 aromatic heterocycles. The second kappa shape index (κ2) is 9.99. The fourth-order valence-electron chi connectivity index (χ4n) is 5.35. The van der Waals surface area contributed by atoms with Crippen LogP contribution in [-0.2, 0) is 9.53 Å². The van der Waals surface area contributed by atoms with Crippen LogP contribution in [0.15, 0.2) is 54.6 Å². The van der Waals surface area contributed by atoms with Gasteiger partial charge in [-0.25, -0.2) is 4.39 Å². The van der Waals surface area contributed by atoms with E-state index in [-0.39, 0.29) is 24.3 Å². The van der Waals surface area contributed by atoms with Crippen LogP contribution in [0.25, 0.3) is 0 Å². The van der Waals surface area contributed by atoms with Gasteiger partial charge in [-0.05, 0) is 43.4 Å². The highest BCUT2D eigenvalue weighted by atomic mass is 19.1. The Balaban J connectivity index is 1.37. The first-order valence-electron chi connectivity index (χ1n) is 12.4. The van der Waals surface area contributed by atoms with E-state index in [1.807, 2.05) is 18.0 Å². The molecule has 0 saturated carbocycles. The van der Waals surface area contributed by atoms with Gasteiger partial charge >= 0.3 is 0 Å². The summed E-state index contributed by atoms with van der Waals surface area (Å²) in [7, 11) is 2.03. The molecule has 0 unspecified atom stereocenters. The van der Waals surface area contributed by atoms with Crippen molar-refractivity contribution in [2.45, 2.75) is 24.6 Å². The zero-order valence-electron chi connectivity index (χ0n) is 20.4. The second-order valence-corrected chi connectivity index (χ2v) is 9.74. The number of hydrogen-bond donors (Lipinski definition) is 0. The molecule has 0 bridgehead atoms. The lowest BCUT2D eigenvalue weighted by Crippen LogP contribution is -2.61. The van der Waals surface area contributed by atoms with Crippen molar-refractivity contribution in [2.75, 3.05) is 52.9 Å². The first-order chi connectivity index (χ1) is 17.4. The lowest BCUT2D eigenvalue weighted by molar-refractivity contribution is -0.139. The number of carbonyl (C=O) groups is 3. The van der Waals surface area contributed by atoms with Gasteiger partial charge in [0.2, 0.25) is 5.91 Å². The predicted octanol–water partition coefficient (Wildman–Crippen LogP) is 2.07. The third kappa shape index (κ3) is 4.60. The highest BCUT2D eigenvalue weighted by Gasteiger charge is 2.55. The van der Waals surface area contributed by atoms with Gasteiger partial charge in [0, 0.05) is 63.2 Å². The molecule has 3 aliphatic heterocycles. The van der Waals surface area contributed by atoms with Crippen molar-refractivity contribution in [3.8, 4) is 0 Å². The van der Waals surface area contributed by atoms with Gasteiger partial charge in [-0.3, -0.25) is 19.3 Å². The van der Waals surface area contributed by atoms with Gasteiger partial charge in [0.15, 0.2) is 0 Å². The van der Waals surface area contributed by atoms with Crippen LogP contribution in [-0.4, -0.2) is 102 Å². The molecular weight excluding hydrogens is 463 g/mol. The average molecular weight is 495 g/mol. The maximum atomic E-state index is 13.8. The molecule has 36 heavy (non-hydrogen) atoms. The summed E-state index contributed by atoms with van der Waals surface area (Å²) in [6, 6.07) is 13.7. The summed E-state index contributed by atoms with van der Waals surface area (Å²) in [5, 5.41) is 0. The van der Waals surface area contributed by atoms with Gasteiger partial charge in [0.05, 0.1) is 6.61 Å². The van der Waals surface area contributed by atoms with Crippen molar-refractivity contribution in [2.24, 2.45) is 0 Å². The predicted molar refractivity (Wildman–Crippen MR) is 131 cm³/mol. The largest absolute Gasteiger partial charge is 0.353 e. The van der Waals surface area contributed by atoms with Crippen molar-refractivity contribution in [3.63, 3.8) is 0 Å². The third-order valence-electron chi connectivity index (χ3n) is 7.52. The average Bonchev–Trinajstić information content (AvgIpc) is 3.27. The van der Waals surface area contributed by atoms with E-state index in [1.165, 1.54) is 24.3 Å². The Morgan fingerprint density at radius 3 is 2.06 bits per heavy atom. The maximum Gasteiger partial charge on any atom is 0.256 e. The SMILES string of the molecule is CN1CCN(C(=O)[C@@H]2COC3(CCN(C(=O)c4ccc(F)cc4)CC3)N2C(=O)c2ccccc2)CC1. The molecule has 1 atom stereocenters. The number of hydrogen-bond acceptors (Lipinski definition) is 5. The number of likely N-dealkylation sites (tertiary alicyclic amines) is 1. The highest BCUT2D eigenvalue weighted by molar-refractivity contribution is 5.98. The van der Waals surface area contributed by atoms with Crippen LogP contribution < -0.4 is 0 Å². The highest BCUT2D eigenvalue weighted by Crippen LogP contribution is 2.39. The second-order valence-electron chi connectivity index (χ2n) is 9.74. The maximum absolute atomic E-state index is 13.8. The molecule has 3 aliphatic rings. The Morgan fingerprint density at radius 2 is 1.42 bits per heavy atom. The van der Waals surface area contributed by atoms with Gasteiger partial charge in [0.25, 0.3) is 11.8 Å². The molecule has 3 saturated heterocycles. The van der Waals surface area contributed by atoms with Crippen LogP contribution in [0.5, 0.6) is 0 Å². The van der Waals surface area contributed by atoms with E-state index in [1.54, 1.807) is 34.1 Å². The first-order valence-corrected chi connectivity index (χ1v) is 12.4. The summed E-state index contributed by atoms with van der Waals surface area (Å²) < 4.78 is 19.6. The van der Waals surface area contributed by atoms with Crippen LogP contribution in [0.3, 0.4) is 0 Å². The smallest absolute Gasteiger partial charge is 0.256 e. The molecule has 5 rings (SSSR count). The molecule has 3 heterocycles. The summed E-state index contributed by atoms with van der Waals surface area (Å²) >= 11 is 0. The first kappa shape index (κ1) is 24.4. The standard InChI is InChI=1S/C27H31FN4O4/c1-29-15-17-31(18-16-29)26(35)23-19-36-27(32(23)25(34)20-5-3-2-4-6-20)11-13-30(14-12-27)24(33)21-7-9-22(28)10-8-21/h2-10,23H,11-19H2,1H3/t23-/m0/s1. The number of carbonyl (C=O) groups excluding carboxylic acids is 3. The lowest BCUT2D eigenvalue weighted by Gasteiger charge is -2.45.